The Morgan fingerprint density at radius 3 is 2.21 bits per heavy atom. The molecule has 8 heteroatoms. The van der Waals surface area contributed by atoms with Crippen LogP contribution in [-0.2, 0) is 6.18 Å². The van der Waals surface area contributed by atoms with Crippen LogP contribution < -0.4 is 10.1 Å². The summed E-state index contributed by atoms with van der Waals surface area (Å²) in [5, 5.41) is 23.0. The molecule has 0 spiro atoms. The van der Waals surface area contributed by atoms with Crippen LogP contribution in [0.25, 0.3) is 0 Å². The largest absolute Gasteiger partial charge is 0.497 e. The zero-order valence-electron chi connectivity index (χ0n) is 15.0. The van der Waals surface area contributed by atoms with Gasteiger partial charge in [-0.2, -0.15) is 13.2 Å². The second kappa shape index (κ2) is 7.81. The number of aliphatic hydroxyl groups is 2. The standard InChI is InChI=1S/C20H20F3NO4/c1-28-14-8-4-12(5-9-14)19(27)24-17-15(10-16(25)18(17)26)11-2-6-13(7-3-11)20(21,22)23/h2-9,15-18,25-26H,10H2,1H3,(H,24,27)/t15-,16-,17-,18-/m1/s1. The predicted octanol–water partition coefficient (Wildman–Crippen LogP) is 2.72. The van der Waals surface area contributed by atoms with Gasteiger partial charge in [0, 0.05) is 11.5 Å². The molecule has 0 bridgehead atoms. The fourth-order valence-corrected chi connectivity index (χ4v) is 3.45. The summed E-state index contributed by atoms with van der Waals surface area (Å²) < 4.78 is 43.3. The van der Waals surface area contributed by atoms with Crippen LogP contribution in [-0.4, -0.2) is 41.5 Å². The lowest BCUT2D eigenvalue weighted by atomic mass is 9.92. The van der Waals surface area contributed by atoms with Gasteiger partial charge >= 0.3 is 6.18 Å². The van der Waals surface area contributed by atoms with E-state index in [2.05, 4.69) is 5.32 Å². The Morgan fingerprint density at radius 1 is 1.07 bits per heavy atom. The number of ether oxygens (including phenoxy) is 1. The lowest BCUT2D eigenvalue weighted by Gasteiger charge is -2.24. The van der Waals surface area contributed by atoms with E-state index in [0.717, 1.165) is 12.1 Å². The lowest BCUT2D eigenvalue weighted by Crippen LogP contribution is -2.45. The summed E-state index contributed by atoms with van der Waals surface area (Å²) in [7, 11) is 1.50. The maximum absolute atomic E-state index is 12.8. The van der Waals surface area contributed by atoms with E-state index in [1.54, 1.807) is 24.3 Å². The van der Waals surface area contributed by atoms with Crippen molar-refractivity contribution in [1.29, 1.82) is 0 Å². The highest BCUT2D eigenvalue weighted by molar-refractivity contribution is 5.94. The molecule has 28 heavy (non-hydrogen) atoms. The molecule has 1 aliphatic rings. The van der Waals surface area contributed by atoms with E-state index in [0.29, 0.717) is 16.9 Å². The SMILES string of the molecule is COc1ccc(C(=O)N[C@H]2[C@H](O)[C@H](O)C[C@@H]2c2ccc(C(F)(F)F)cc2)cc1. The van der Waals surface area contributed by atoms with Crippen molar-refractivity contribution in [3.8, 4) is 5.75 Å². The van der Waals surface area contributed by atoms with Gasteiger partial charge in [-0.15, -0.1) is 0 Å². The average Bonchev–Trinajstić information content (AvgIpc) is 2.96. The Kier molecular flexibility index (Phi) is 5.62. The van der Waals surface area contributed by atoms with Crippen molar-refractivity contribution in [2.45, 2.75) is 36.8 Å². The molecule has 1 saturated carbocycles. The van der Waals surface area contributed by atoms with Crippen LogP contribution in [0, 0.1) is 0 Å². The molecule has 0 radical (unpaired) electrons. The highest BCUT2D eigenvalue weighted by Gasteiger charge is 2.43. The first kappa shape index (κ1) is 20.2. The quantitative estimate of drug-likeness (QED) is 0.744. The van der Waals surface area contributed by atoms with Crippen LogP contribution in [0.4, 0.5) is 13.2 Å². The summed E-state index contributed by atoms with van der Waals surface area (Å²) >= 11 is 0. The van der Waals surface area contributed by atoms with E-state index < -0.39 is 41.8 Å². The molecule has 1 aliphatic carbocycles. The number of nitrogens with one attached hydrogen (secondary N) is 1. The minimum Gasteiger partial charge on any atom is -0.497 e. The third kappa shape index (κ3) is 4.13. The van der Waals surface area contributed by atoms with Crippen LogP contribution in [0.15, 0.2) is 48.5 Å². The van der Waals surface area contributed by atoms with Crippen LogP contribution in [0.5, 0.6) is 5.75 Å². The lowest BCUT2D eigenvalue weighted by molar-refractivity contribution is -0.137. The van der Waals surface area contributed by atoms with Gasteiger partial charge in [0.2, 0.25) is 0 Å². The number of benzene rings is 2. The number of aliphatic hydroxyl groups excluding tert-OH is 2. The molecule has 5 nitrogen and oxygen atoms in total. The highest BCUT2D eigenvalue weighted by Crippen LogP contribution is 2.37. The number of halogens is 3. The molecule has 0 saturated heterocycles. The molecule has 0 unspecified atom stereocenters. The van der Waals surface area contributed by atoms with Gasteiger partial charge in [0.15, 0.2) is 0 Å². The van der Waals surface area contributed by atoms with Crippen molar-refractivity contribution in [1.82, 2.24) is 5.32 Å². The number of methoxy groups -OCH3 is 1. The maximum atomic E-state index is 12.8. The van der Waals surface area contributed by atoms with Gasteiger partial charge in [0.25, 0.3) is 5.91 Å². The summed E-state index contributed by atoms with van der Waals surface area (Å²) in [6.07, 6.45) is -6.64. The van der Waals surface area contributed by atoms with Crippen LogP contribution >= 0.6 is 0 Å². The Hall–Kier alpha value is -2.58. The van der Waals surface area contributed by atoms with Crippen molar-refractivity contribution in [3.05, 3.63) is 65.2 Å². The molecule has 4 atom stereocenters. The maximum Gasteiger partial charge on any atom is 0.416 e. The second-order valence-electron chi connectivity index (χ2n) is 6.75. The molecule has 1 amide bonds. The van der Waals surface area contributed by atoms with E-state index in [4.69, 9.17) is 4.74 Å². The van der Waals surface area contributed by atoms with Crippen molar-refractivity contribution in [2.75, 3.05) is 7.11 Å². The van der Waals surface area contributed by atoms with E-state index in [-0.39, 0.29) is 6.42 Å². The number of rotatable bonds is 4. The molecule has 0 aromatic heterocycles. The van der Waals surface area contributed by atoms with Gasteiger partial charge < -0.3 is 20.3 Å². The first-order valence-electron chi connectivity index (χ1n) is 8.69. The van der Waals surface area contributed by atoms with Crippen molar-refractivity contribution >= 4 is 5.91 Å². The van der Waals surface area contributed by atoms with E-state index in [1.165, 1.54) is 19.2 Å². The van der Waals surface area contributed by atoms with Gasteiger partial charge in [-0.3, -0.25) is 4.79 Å². The average molecular weight is 395 g/mol. The van der Waals surface area contributed by atoms with Gasteiger partial charge in [0.1, 0.15) is 11.9 Å². The van der Waals surface area contributed by atoms with Gasteiger partial charge in [0.05, 0.1) is 24.8 Å². The minimum atomic E-state index is -4.45. The Labute approximate surface area is 159 Å². The second-order valence-corrected chi connectivity index (χ2v) is 6.75. The predicted molar refractivity (Wildman–Crippen MR) is 95.1 cm³/mol. The normalized spacial score (nSPS) is 24.8. The van der Waals surface area contributed by atoms with Crippen LogP contribution in [0.1, 0.15) is 33.8 Å². The summed E-state index contributed by atoms with van der Waals surface area (Å²) in [6, 6.07) is 10.0. The topological polar surface area (TPSA) is 78.8 Å². The molecule has 1 fully saturated rings. The monoisotopic (exact) mass is 395 g/mol. The van der Waals surface area contributed by atoms with Crippen molar-refractivity contribution in [3.63, 3.8) is 0 Å². The Bertz CT molecular complexity index is 821. The molecule has 2 aromatic carbocycles. The third-order valence-electron chi connectivity index (χ3n) is 5.01. The van der Waals surface area contributed by atoms with Crippen molar-refractivity contribution in [2.24, 2.45) is 0 Å². The fourth-order valence-electron chi connectivity index (χ4n) is 3.45. The van der Waals surface area contributed by atoms with Gasteiger partial charge in [-0.25, -0.2) is 0 Å². The summed E-state index contributed by atoms with van der Waals surface area (Å²) in [5.74, 6) is -0.400. The van der Waals surface area contributed by atoms with Crippen LogP contribution in [0.2, 0.25) is 0 Å². The zero-order chi connectivity index (χ0) is 20.5. The molecule has 3 rings (SSSR count). The van der Waals surface area contributed by atoms with E-state index in [1.807, 2.05) is 0 Å². The Balaban J connectivity index is 1.80. The van der Waals surface area contributed by atoms with E-state index >= 15 is 0 Å². The number of carbonyl (C=O) groups is 1. The summed E-state index contributed by atoms with van der Waals surface area (Å²) in [5.41, 5.74) is 0.0540. The molecule has 150 valence electrons. The first-order chi connectivity index (χ1) is 13.2. The van der Waals surface area contributed by atoms with Gasteiger partial charge in [-0.1, -0.05) is 12.1 Å². The fraction of sp³-hybridized carbons (Fsp3) is 0.350. The Morgan fingerprint density at radius 2 is 1.68 bits per heavy atom. The molecular weight excluding hydrogens is 375 g/mol. The summed E-state index contributed by atoms with van der Waals surface area (Å²) in [4.78, 5) is 12.5. The molecule has 3 N–H and O–H groups in total. The molecule has 2 aromatic rings. The first-order valence-corrected chi connectivity index (χ1v) is 8.69. The smallest absolute Gasteiger partial charge is 0.416 e. The highest BCUT2D eigenvalue weighted by atomic mass is 19.4. The number of amides is 1. The number of hydrogen-bond donors (Lipinski definition) is 3. The zero-order valence-corrected chi connectivity index (χ0v) is 15.0. The summed E-state index contributed by atoms with van der Waals surface area (Å²) in [6.45, 7) is 0. The minimum absolute atomic E-state index is 0.125. The van der Waals surface area contributed by atoms with Crippen LogP contribution in [0.3, 0.4) is 0 Å². The third-order valence-corrected chi connectivity index (χ3v) is 5.01. The van der Waals surface area contributed by atoms with Crippen molar-refractivity contribution < 1.29 is 32.9 Å². The van der Waals surface area contributed by atoms with E-state index in [9.17, 15) is 28.2 Å². The molecule has 0 heterocycles. The van der Waals surface area contributed by atoms with Gasteiger partial charge in [-0.05, 0) is 48.4 Å². The number of carbonyl (C=O) groups excluding carboxylic acids is 1. The molecule has 0 aliphatic heterocycles. The molecular formula is C20H20F3NO4. The number of alkyl halides is 3. The number of hydrogen-bond acceptors (Lipinski definition) is 4.